The molecule has 1 unspecified atom stereocenters. The molecule has 8 heteroatoms. The van der Waals surface area contributed by atoms with Crippen LogP contribution in [0.15, 0.2) is 35.5 Å². The van der Waals surface area contributed by atoms with Crippen molar-refractivity contribution in [3.8, 4) is 0 Å². The van der Waals surface area contributed by atoms with Gasteiger partial charge in [-0.3, -0.25) is 9.59 Å². The molecule has 2 aromatic rings. The second-order valence-corrected chi connectivity index (χ2v) is 6.67. The SMILES string of the molecule is Cc1cc(C)nc(SCC(=O)OC(C)C(=O)Nc2ccccc2Cl)n1. The molecule has 2 rings (SSSR count). The maximum Gasteiger partial charge on any atom is 0.317 e. The smallest absolute Gasteiger partial charge is 0.317 e. The van der Waals surface area contributed by atoms with Crippen molar-refractivity contribution in [3.05, 3.63) is 46.7 Å². The number of halogens is 1. The van der Waals surface area contributed by atoms with Crippen molar-refractivity contribution >= 4 is 40.9 Å². The van der Waals surface area contributed by atoms with Crippen LogP contribution in [0.5, 0.6) is 0 Å². The van der Waals surface area contributed by atoms with Crippen molar-refractivity contribution in [1.29, 1.82) is 0 Å². The van der Waals surface area contributed by atoms with Crippen LogP contribution in [0.1, 0.15) is 18.3 Å². The second-order valence-electron chi connectivity index (χ2n) is 5.32. The molecular weight excluding hydrogens is 362 g/mol. The molecule has 1 aromatic carbocycles. The summed E-state index contributed by atoms with van der Waals surface area (Å²) in [6.45, 7) is 5.22. The summed E-state index contributed by atoms with van der Waals surface area (Å²) in [5.41, 5.74) is 2.13. The van der Waals surface area contributed by atoms with Crippen molar-refractivity contribution in [3.63, 3.8) is 0 Å². The van der Waals surface area contributed by atoms with Crippen molar-refractivity contribution in [2.45, 2.75) is 32.0 Å². The topological polar surface area (TPSA) is 81.2 Å². The molecule has 0 fully saturated rings. The molecule has 0 aliphatic heterocycles. The Morgan fingerprint density at radius 3 is 2.52 bits per heavy atom. The minimum atomic E-state index is -0.940. The number of nitrogens with zero attached hydrogens (tertiary/aromatic N) is 2. The minimum Gasteiger partial charge on any atom is -0.452 e. The first-order valence-electron chi connectivity index (χ1n) is 7.55. The summed E-state index contributed by atoms with van der Waals surface area (Å²) in [5, 5.41) is 3.54. The lowest BCUT2D eigenvalue weighted by atomic mass is 10.3. The van der Waals surface area contributed by atoms with E-state index in [1.165, 1.54) is 18.7 Å². The number of carbonyl (C=O) groups excluding carboxylic acids is 2. The molecular formula is C17H18ClN3O3S. The summed E-state index contributed by atoms with van der Waals surface area (Å²) in [6, 6.07) is 8.69. The Morgan fingerprint density at radius 1 is 1.24 bits per heavy atom. The Labute approximate surface area is 155 Å². The Hall–Kier alpha value is -2.12. The van der Waals surface area contributed by atoms with Gasteiger partial charge in [-0.25, -0.2) is 9.97 Å². The fourth-order valence-corrected chi connectivity index (χ4v) is 2.88. The monoisotopic (exact) mass is 379 g/mol. The van der Waals surface area contributed by atoms with Gasteiger partial charge in [0.25, 0.3) is 5.91 Å². The Kier molecular flexibility index (Phi) is 6.78. The van der Waals surface area contributed by atoms with Crippen LogP contribution in [-0.4, -0.2) is 33.7 Å². The fraction of sp³-hybridized carbons (Fsp3) is 0.294. The van der Waals surface area contributed by atoms with E-state index in [-0.39, 0.29) is 5.75 Å². The van der Waals surface area contributed by atoms with Crippen LogP contribution < -0.4 is 5.32 Å². The van der Waals surface area contributed by atoms with Crippen molar-refractivity contribution in [2.75, 3.05) is 11.1 Å². The molecule has 0 saturated heterocycles. The zero-order valence-electron chi connectivity index (χ0n) is 14.1. The van der Waals surface area contributed by atoms with Gasteiger partial charge in [-0.2, -0.15) is 0 Å². The lowest BCUT2D eigenvalue weighted by molar-refractivity contribution is -0.150. The molecule has 6 nitrogen and oxygen atoms in total. The first-order chi connectivity index (χ1) is 11.8. The lowest BCUT2D eigenvalue weighted by Crippen LogP contribution is -2.30. The average Bonchev–Trinajstić information content (AvgIpc) is 2.54. The van der Waals surface area contributed by atoms with Crippen molar-refractivity contribution < 1.29 is 14.3 Å². The van der Waals surface area contributed by atoms with E-state index in [0.717, 1.165) is 11.4 Å². The molecule has 1 atom stereocenters. The summed E-state index contributed by atoms with van der Waals surface area (Å²) in [5.74, 6) is -0.948. The minimum absolute atomic E-state index is 0.0204. The van der Waals surface area contributed by atoms with Gasteiger partial charge in [-0.1, -0.05) is 35.5 Å². The standard InChI is InChI=1S/C17H18ClN3O3S/c1-10-8-11(2)20-17(19-10)25-9-15(22)24-12(3)16(23)21-14-7-5-4-6-13(14)18/h4-8,12H,9H2,1-3H3,(H,21,23). The molecule has 1 amide bonds. The summed E-state index contributed by atoms with van der Waals surface area (Å²) >= 11 is 7.15. The fourth-order valence-electron chi connectivity index (χ4n) is 1.96. The molecule has 1 heterocycles. The van der Waals surface area contributed by atoms with Crippen LogP contribution in [0.3, 0.4) is 0 Å². The number of amides is 1. The number of esters is 1. The predicted molar refractivity (Wildman–Crippen MR) is 97.9 cm³/mol. The van der Waals surface area contributed by atoms with Gasteiger partial charge >= 0.3 is 5.97 Å². The van der Waals surface area contributed by atoms with Gasteiger partial charge in [0.1, 0.15) is 0 Å². The maximum absolute atomic E-state index is 12.1. The van der Waals surface area contributed by atoms with Gasteiger partial charge in [-0.05, 0) is 39.0 Å². The number of hydrogen-bond donors (Lipinski definition) is 1. The van der Waals surface area contributed by atoms with Crippen LogP contribution >= 0.6 is 23.4 Å². The van der Waals surface area contributed by atoms with E-state index in [2.05, 4.69) is 15.3 Å². The molecule has 1 N–H and O–H groups in total. The third-order valence-corrected chi connectivity index (χ3v) is 4.24. The molecule has 0 bridgehead atoms. The van der Waals surface area contributed by atoms with Crippen LogP contribution in [0.25, 0.3) is 0 Å². The molecule has 0 aliphatic rings. The molecule has 0 saturated carbocycles. The first kappa shape index (κ1) is 19.2. The highest BCUT2D eigenvalue weighted by Crippen LogP contribution is 2.21. The quantitative estimate of drug-likeness (QED) is 0.470. The summed E-state index contributed by atoms with van der Waals surface area (Å²) in [6.07, 6.45) is -0.940. The van der Waals surface area contributed by atoms with Gasteiger partial charge in [-0.15, -0.1) is 0 Å². The molecule has 0 radical (unpaired) electrons. The van der Waals surface area contributed by atoms with E-state index in [9.17, 15) is 9.59 Å². The van der Waals surface area contributed by atoms with Gasteiger partial charge in [0, 0.05) is 11.4 Å². The van der Waals surface area contributed by atoms with Crippen LogP contribution in [0.4, 0.5) is 5.69 Å². The first-order valence-corrected chi connectivity index (χ1v) is 8.91. The molecule has 0 spiro atoms. The number of nitrogens with one attached hydrogen (secondary N) is 1. The summed E-state index contributed by atoms with van der Waals surface area (Å²) < 4.78 is 5.14. The molecule has 132 valence electrons. The maximum atomic E-state index is 12.1. The Morgan fingerprint density at radius 2 is 1.88 bits per heavy atom. The summed E-state index contributed by atoms with van der Waals surface area (Å²) in [7, 11) is 0. The number of carbonyl (C=O) groups is 2. The summed E-state index contributed by atoms with van der Waals surface area (Å²) in [4.78, 5) is 32.5. The van der Waals surface area contributed by atoms with Crippen molar-refractivity contribution in [1.82, 2.24) is 9.97 Å². The van der Waals surface area contributed by atoms with Gasteiger partial charge in [0.15, 0.2) is 11.3 Å². The molecule has 0 aliphatic carbocycles. The van der Waals surface area contributed by atoms with E-state index in [4.69, 9.17) is 16.3 Å². The normalized spacial score (nSPS) is 11.7. The highest BCUT2D eigenvalue weighted by molar-refractivity contribution is 7.99. The Bertz CT molecular complexity index is 765. The van der Waals surface area contributed by atoms with E-state index in [1.807, 2.05) is 19.9 Å². The van der Waals surface area contributed by atoms with Crippen molar-refractivity contribution in [2.24, 2.45) is 0 Å². The van der Waals surface area contributed by atoms with Gasteiger partial charge in [0.2, 0.25) is 0 Å². The average molecular weight is 380 g/mol. The predicted octanol–water partition coefficient (Wildman–Crippen LogP) is 3.41. The highest BCUT2D eigenvalue weighted by Gasteiger charge is 2.19. The van der Waals surface area contributed by atoms with Crippen LogP contribution in [0.2, 0.25) is 5.02 Å². The number of thioether (sulfide) groups is 1. The van der Waals surface area contributed by atoms with E-state index < -0.39 is 18.0 Å². The van der Waals surface area contributed by atoms with Gasteiger partial charge in [0.05, 0.1) is 16.5 Å². The number of aromatic nitrogens is 2. The zero-order valence-corrected chi connectivity index (χ0v) is 15.6. The number of aryl methyl sites for hydroxylation is 2. The van der Waals surface area contributed by atoms with E-state index >= 15 is 0 Å². The largest absolute Gasteiger partial charge is 0.452 e. The Balaban J connectivity index is 1.85. The number of hydrogen-bond acceptors (Lipinski definition) is 6. The van der Waals surface area contributed by atoms with E-state index in [0.29, 0.717) is 15.9 Å². The van der Waals surface area contributed by atoms with Gasteiger partial charge < -0.3 is 10.1 Å². The van der Waals surface area contributed by atoms with Crippen LogP contribution in [0, 0.1) is 13.8 Å². The number of rotatable bonds is 6. The molecule has 1 aromatic heterocycles. The third kappa shape index (κ3) is 6.03. The number of benzene rings is 1. The second kappa shape index (κ2) is 8.82. The number of para-hydroxylation sites is 1. The third-order valence-electron chi connectivity index (χ3n) is 3.09. The zero-order chi connectivity index (χ0) is 18.4. The lowest BCUT2D eigenvalue weighted by Gasteiger charge is -2.14. The number of anilines is 1. The highest BCUT2D eigenvalue weighted by atomic mass is 35.5. The number of ether oxygens (including phenoxy) is 1. The van der Waals surface area contributed by atoms with Crippen LogP contribution in [-0.2, 0) is 14.3 Å². The van der Waals surface area contributed by atoms with E-state index in [1.54, 1.807) is 24.3 Å². The molecule has 25 heavy (non-hydrogen) atoms.